The molecule has 1 saturated heterocycles. The van der Waals surface area contributed by atoms with E-state index in [-0.39, 0.29) is 17.4 Å². The molecule has 0 aliphatic carbocycles. The third kappa shape index (κ3) is 3.41. The summed E-state index contributed by atoms with van der Waals surface area (Å²) in [6.45, 7) is 1.79. The van der Waals surface area contributed by atoms with Crippen molar-refractivity contribution in [1.82, 2.24) is 5.32 Å². The number of aryl methyl sites for hydroxylation is 1. The lowest BCUT2D eigenvalue weighted by Gasteiger charge is -2.15. The number of hydrogen-bond acceptors (Lipinski definition) is 3. The van der Waals surface area contributed by atoms with E-state index in [2.05, 4.69) is 5.32 Å². The smallest absolute Gasteiger partial charge is 0.251 e. The molecule has 0 bridgehead atoms. The fourth-order valence-electron chi connectivity index (χ4n) is 2.02. The van der Waals surface area contributed by atoms with Gasteiger partial charge in [-0.25, -0.2) is 8.42 Å². The topological polar surface area (TPSA) is 63.2 Å². The maximum Gasteiger partial charge on any atom is 0.251 e. The molecule has 4 nitrogen and oxygen atoms in total. The molecular weight excluding hydrogens is 309 g/mol. The SMILES string of the molecule is Cc1ccc(Cl)cc1C(=O)NC1CS(=O)(=O)CC1Cl. The van der Waals surface area contributed by atoms with Crippen molar-refractivity contribution in [3.63, 3.8) is 0 Å². The Labute approximate surface area is 122 Å². The zero-order valence-corrected chi connectivity index (χ0v) is 12.5. The van der Waals surface area contributed by atoms with Crippen LogP contribution in [-0.2, 0) is 9.84 Å². The molecule has 1 N–H and O–H groups in total. The summed E-state index contributed by atoms with van der Waals surface area (Å²) < 4.78 is 22.9. The minimum atomic E-state index is -3.16. The predicted octanol–water partition coefficient (Wildman–Crippen LogP) is 1.78. The van der Waals surface area contributed by atoms with E-state index in [4.69, 9.17) is 23.2 Å². The highest BCUT2D eigenvalue weighted by Crippen LogP contribution is 2.20. The van der Waals surface area contributed by atoms with Gasteiger partial charge in [0.05, 0.1) is 22.9 Å². The molecule has 1 amide bonds. The Bertz CT molecular complexity index is 615. The number of benzene rings is 1. The van der Waals surface area contributed by atoms with Gasteiger partial charge in [-0.2, -0.15) is 0 Å². The zero-order valence-electron chi connectivity index (χ0n) is 10.2. The first kappa shape index (κ1) is 14.6. The van der Waals surface area contributed by atoms with Crippen LogP contribution in [0.25, 0.3) is 0 Å². The first-order valence-corrected chi connectivity index (χ1v) is 8.33. The van der Waals surface area contributed by atoms with Crippen LogP contribution < -0.4 is 5.32 Å². The van der Waals surface area contributed by atoms with Crippen molar-refractivity contribution in [2.45, 2.75) is 18.3 Å². The molecule has 1 aliphatic heterocycles. The number of halogens is 2. The van der Waals surface area contributed by atoms with Crippen molar-refractivity contribution in [2.75, 3.05) is 11.5 Å². The van der Waals surface area contributed by atoms with Gasteiger partial charge in [-0.05, 0) is 24.6 Å². The third-order valence-corrected chi connectivity index (χ3v) is 5.65. The van der Waals surface area contributed by atoms with Crippen molar-refractivity contribution in [2.24, 2.45) is 0 Å². The van der Waals surface area contributed by atoms with E-state index in [1.807, 2.05) is 0 Å². The molecule has 1 heterocycles. The number of alkyl halides is 1. The molecule has 0 aromatic heterocycles. The van der Waals surface area contributed by atoms with Crippen molar-refractivity contribution < 1.29 is 13.2 Å². The van der Waals surface area contributed by atoms with E-state index >= 15 is 0 Å². The van der Waals surface area contributed by atoms with Gasteiger partial charge in [0, 0.05) is 10.6 Å². The second-order valence-corrected chi connectivity index (χ2v) is 7.78. The molecule has 1 aliphatic rings. The summed E-state index contributed by atoms with van der Waals surface area (Å²) in [5, 5.41) is 2.53. The van der Waals surface area contributed by atoms with Crippen molar-refractivity contribution in [1.29, 1.82) is 0 Å². The van der Waals surface area contributed by atoms with E-state index in [0.29, 0.717) is 10.6 Å². The molecule has 0 spiro atoms. The number of hydrogen-bond donors (Lipinski definition) is 1. The van der Waals surface area contributed by atoms with Crippen LogP contribution in [0.3, 0.4) is 0 Å². The quantitative estimate of drug-likeness (QED) is 0.844. The van der Waals surface area contributed by atoms with Crippen LogP contribution in [0.2, 0.25) is 5.02 Å². The average Bonchev–Trinajstić information content (AvgIpc) is 2.55. The lowest BCUT2D eigenvalue weighted by molar-refractivity contribution is 0.0941. The minimum Gasteiger partial charge on any atom is -0.347 e. The molecule has 19 heavy (non-hydrogen) atoms. The van der Waals surface area contributed by atoms with Crippen molar-refractivity contribution in [3.05, 3.63) is 34.3 Å². The number of carbonyl (C=O) groups excluding carboxylic acids is 1. The monoisotopic (exact) mass is 321 g/mol. The first-order valence-electron chi connectivity index (χ1n) is 5.70. The number of rotatable bonds is 2. The Balaban J connectivity index is 2.16. The lowest BCUT2D eigenvalue weighted by Crippen LogP contribution is -2.40. The van der Waals surface area contributed by atoms with Crippen LogP contribution in [0.5, 0.6) is 0 Å². The third-order valence-electron chi connectivity index (χ3n) is 3.04. The highest BCUT2D eigenvalue weighted by molar-refractivity contribution is 7.91. The first-order chi connectivity index (χ1) is 8.78. The van der Waals surface area contributed by atoms with Gasteiger partial charge in [0.15, 0.2) is 9.84 Å². The zero-order chi connectivity index (χ0) is 14.2. The summed E-state index contributed by atoms with van der Waals surface area (Å²) in [6.07, 6.45) is 0. The van der Waals surface area contributed by atoms with E-state index in [1.165, 1.54) is 0 Å². The van der Waals surface area contributed by atoms with Crippen molar-refractivity contribution in [3.8, 4) is 0 Å². The Morgan fingerprint density at radius 1 is 1.37 bits per heavy atom. The Kier molecular flexibility index (Phi) is 4.08. The maximum absolute atomic E-state index is 12.1. The summed E-state index contributed by atoms with van der Waals surface area (Å²) in [5.74, 6) is -0.576. The molecule has 104 valence electrons. The van der Waals surface area contributed by atoms with Crippen LogP contribution in [0.4, 0.5) is 0 Å². The summed E-state index contributed by atoms with van der Waals surface area (Å²) in [4.78, 5) is 12.1. The largest absolute Gasteiger partial charge is 0.347 e. The molecule has 1 fully saturated rings. The summed E-state index contributed by atoms with van der Waals surface area (Å²) in [7, 11) is -3.16. The van der Waals surface area contributed by atoms with E-state index in [1.54, 1.807) is 25.1 Å². The van der Waals surface area contributed by atoms with Gasteiger partial charge < -0.3 is 5.32 Å². The molecular formula is C12H13Cl2NO3S. The molecule has 1 aromatic rings. The number of nitrogens with one attached hydrogen (secondary N) is 1. The summed E-state index contributed by atoms with van der Waals surface area (Å²) in [6, 6.07) is 4.43. The molecule has 2 unspecified atom stereocenters. The van der Waals surface area contributed by atoms with E-state index in [0.717, 1.165) is 5.56 Å². The normalized spacial score (nSPS) is 25.2. The van der Waals surface area contributed by atoms with Gasteiger partial charge in [-0.1, -0.05) is 17.7 Å². The molecule has 1 aromatic carbocycles. The average molecular weight is 322 g/mol. The van der Waals surface area contributed by atoms with Crippen LogP contribution in [0, 0.1) is 6.92 Å². The molecule has 2 atom stereocenters. The van der Waals surface area contributed by atoms with Crippen LogP contribution in [-0.4, -0.2) is 37.2 Å². The number of sulfone groups is 1. The van der Waals surface area contributed by atoms with Gasteiger partial charge >= 0.3 is 0 Å². The van der Waals surface area contributed by atoms with Crippen LogP contribution in [0.1, 0.15) is 15.9 Å². The standard InChI is InChI=1S/C12H13Cl2NO3S/c1-7-2-3-8(13)4-9(7)12(16)15-11-6-19(17,18)5-10(11)14/h2-4,10-11H,5-6H2,1H3,(H,15,16). The molecule has 7 heteroatoms. The van der Waals surface area contributed by atoms with Gasteiger partial charge in [-0.3, -0.25) is 4.79 Å². The van der Waals surface area contributed by atoms with Gasteiger partial charge in [0.1, 0.15) is 0 Å². The highest BCUT2D eigenvalue weighted by Gasteiger charge is 2.37. The van der Waals surface area contributed by atoms with E-state index in [9.17, 15) is 13.2 Å². The van der Waals surface area contributed by atoms with Crippen LogP contribution in [0.15, 0.2) is 18.2 Å². The second kappa shape index (κ2) is 5.31. The summed E-state index contributed by atoms with van der Waals surface area (Å²) >= 11 is 11.8. The van der Waals surface area contributed by atoms with Gasteiger partial charge in [-0.15, -0.1) is 11.6 Å². The Morgan fingerprint density at radius 2 is 2.05 bits per heavy atom. The summed E-state index contributed by atoms with van der Waals surface area (Å²) in [5.41, 5.74) is 1.20. The maximum atomic E-state index is 12.1. The lowest BCUT2D eigenvalue weighted by atomic mass is 10.1. The fraction of sp³-hybridized carbons (Fsp3) is 0.417. The van der Waals surface area contributed by atoms with Crippen LogP contribution >= 0.6 is 23.2 Å². The molecule has 0 saturated carbocycles. The predicted molar refractivity (Wildman–Crippen MR) is 75.7 cm³/mol. The Morgan fingerprint density at radius 3 is 2.63 bits per heavy atom. The number of carbonyl (C=O) groups is 1. The Hall–Kier alpha value is -0.780. The number of amides is 1. The second-order valence-electron chi connectivity index (χ2n) is 4.63. The molecule has 0 radical (unpaired) electrons. The van der Waals surface area contributed by atoms with E-state index < -0.39 is 21.3 Å². The highest BCUT2D eigenvalue weighted by atomic mass is 35.5. The van der Waals surface area contributed by atoms with Crippen molar-refractivity contribution >= 4 is 38.9 Å². The van der Waals surface area contributed by atoms with Gasteiger partial charge in [0.2, 0.25) is 0 Å². The van der Waals surface area contributed by atoms with Gasteiger partial charge in [0.25, 0.3) is 5.91 Å². The molecule has 2 rings (SSSR count). The minimum absolute atomic E-state index is 0.103. The fourth-order valence-corrected chi connectivity index (χ4v) is 4.74.